The summed E-state index contributed by atoms with van der Waals surface area (Å²) >= 11 is 0. The maximum atomic E-state index is 14.3. The van der Waals surface area contributed by atoms with Gasteiger partial charge in [-0.15, -0.1) is 0 Å². The second kappa shape index (κ2) is 6.57. The van der Waals surface area contributed by atoms with Crippen molar-refractivity contribution in [1.82, 2.24) is 0 Å². The van der Waals surface area contributed by atoms with E-state index in [2.05, 4.69) is 13.8 Å². The Morgan fingerprint density at radius 2 is 2.10 bits per heavy atom. The summed E-state index contributed by atoms with van der Waals surface area (Å²) in [6, 6.07) is 5.22. The van der Waals surface area contributed by atoms with Gasteiger partial charge in [-0.05, 0) is 61.1 Å². The van der Waals surface area contributed by atoms with Crippen molar-refractivity contribution in [3.8, 4) is 5.75 Å². The number of methoxy groups -OCH3 is 1. The Kier molecular flexibility index (Phi) is 5.03. The molecule has 0 bridgehead atoms. The van der Waals surface area contributed by atoms with E-state index in [9.17, 15) is 4.39 Å². The summed E-state index contributed by atoms with van der Waals surface area (Å²) in [6.45, 7) is 5.16. The molecule has 2 N–H and O–H groups in total. The molecule has 0 aromatic heterocycles. The van der Waals surface area contributed by atoms with Crippen molar-refractivity contribution in [3.05, 3.63) is 29.6 Å². The number of rotatable bonds is 4. The highest BCUT2D eigenvalue weighted by molar-refractivity contribution is 5.32. The molecule has 0 spiro atoms. The molecule has 0 saturated heterocycles. The number of hydrogen-bond acceptors (Lipinski definition) is 2. The molecule has 2 nitrogen and oxygen atoms in total. The molecular formula is C17H26FNO. The van der Waals surface area contributed by atoms with Crippen LogP contribution in [0.3, 0.4) is 0 Å². The summed E-state index contributed by atoms with van der Waals surface area (Å²) < 4.78 is 19.4. The largest absolute Gasteiger partial charge is 0.497 e. The Labute approximate surface area is 121 Å². The first-order valence-electron chi connectivity index (χ1n) is 7.60. The van der Waals surface area contributed by atoms with Gasteiger partial charge in [0.1, 0.15) is 11.6 Å². The first-order chi connectivity index (χ1) is 9.56. The van der Waals surface area contributed by atoms with E-state index < -0.39 is 0 Å². The fourth-order valence-electron chi connectivity index (χ4n) is 3.47. The predicted octanol–water partition coefficient (Wildman–Crippen LogP) is 3.95. The van der Waals surface area contributed by atoms with Crippen LogP contribution < -0.4 is 10.5 Å². The Hall–Kier alpha value is -1.09. The molecule has 1 aromatic rings. The van der Waals surface area contributed by atoms with E-state index in [1.165, 1.54) is 12.5 Å². The predicted molar refractivity (Wildman–Crippen MR) is 80.4 cm³/mol. The van der Waals surface area contributed by atoms with Gasteiger partial charge < -0.3 is 10.5 Å². The van der Waals surface area contributed by atoms with Crippen LogP contribution in [-0.4, -0.2) is 13.7 Å². The first-order valence-corrected chi connectivity index (χ1v) is 7.60. The average Bonchev–Trinajstić information content (AvgIpc) is 2.46. The SMILES string of the molecule is COc1ccc(C2CC(C(C)C)CCC2CN)c(F)c1. The molecule has 1 aliphatic rings. The summed E-state index contributed by atoms with van der Waals surface area (Å²) in [5.74, 6) is 2.38. The minimum atomic E-state index is -0.155. The minimum Gasteiger partial charge on any atom is -0.497 e. The standard InChI is InChI=1S/C17H26FNO/c1-11(2)12-4-5-13(10-19)16(8-12)15-7-6-14(20-3)9-17(15)18/h6-7,9,11-13,16H,4-5,8,10,19H2,1-3H3. The lowest BCUT2D eigenvalue weighted by atomic mass is 9.68. The summed E-state index contributed by atoms with van der Waals surface area (Å²) in [7, 11) is 1.56. The van der Waals surface area contributed by atoms with E-state index in [4.69, 9.17) is 10.5 Å². The molecule has 1 aromatic carbocycles. The normalized spacial score (nSPS) is 26.8. The van der Waals surface area contributed by atoms with Crippen molar-refractivity contribution in [2.45, 2.75) is 39.0 Å². The highest BCUT2D eigenvalue weighted by Gasteiger charge is 2.33. The van der Waals surface area contributed by atoms with Crippen LogP contribution in [0.25, 0.3) is 0 Å². The lowest BCUT2D eigenvalue weighted by molar-refractivity contribution is 0.195. The first kappa shape index (κ1) is 15.3. The smallest absolute Gasteiger partial charge is 0.130 e. The third-order valence-electron chi connectivity index (χ3n) is 4.89. The van der Waals surface area contributed by atoms with Gasteiger partial charge in [0.15, 0.2) is 0 Å². The maximum Gasteiger partial charge on any atom is 0.130 e. The lowest BCUT2D eigenvalue weighted by Gasteiger charge is -2.38. The van der Waals surface area contributed by atoms with Gasteiger partial charge in [0.05, 0.1) is 7.11 Å². The summed E-state index contributed by atoms with van der Waals surface area (Å²) in [5.41, 5.74) is 6.72. The third kappa shape index (κ3) is 3.14. The molecule has 1 aliphatic carbocycles. The van der Waals surface area contributed by atoms with E-state index in [0.29, 0.717) is 30.0 Å². The van der Waals surface area contributed by atoms with Crippen LogP contribution in [0.1, 0.15) is 44.6 Å². The Morgan fingerprint density at radius 3 is 2.65 bits per heavy atom. The Morgan fingerprint density at radius 1 is 1.35 bits per heavy atom. The van der Waals surface area contributed by atoms with Crippen LogP contribution in [0.2, 0.25) is 0 Å². The average molecular weight is 279 g/mol. The van der Waals surface area contributed by atoms with Gasteiger partial charge in [0.25, 0.3) is 0 Å². The number of nitrogens with two attached hydrogens (primary N) is 1. The second-order valence-electron chi connectivity index (χ2n) is 6.31. The number of halogens is 1. The van der Waals surface area contributed by atoms with Gasteiger partial charge in [-0.25, -0.2) is 4.39 Å². The van der Waals surface area contributed by atoms with Crippen LogP contribution in [-0.2, 0) is 0 Å². The van der Waals surface area contributed by atoms with E-state index in [1.807, 2.05) is 12.1 Å². The molecule has 3 heteroatoms. The molecule has 3 atom stereocenters. The fourth-order valence-corrected chi connectivity index (χ4v) is 3.47. The van der Waals surface area contributed by atoms with Crippen LogP contribution in [0.15, 0.2) is 18.2 Å². The fraction of sp³-hybridized carbons (Fsp3) is 0.647. The second-order valence-corrected chi connectivity index (χ2v) is 6.31. The van der Waals surface area contributed by atoms with Gasteiger partial charge in [-0.1, -0.05) is 19.9 Å². The topological polar surface area (TPSA) is 35.2 Å². The van der Waals surface area contributed by atoms with Gasteiger partial charge in [0.2, 0.25) is 0 Å². The van der Waals surface area contributed by atoms with Crippen molar-refractivity contribution in [1.29, 1.82) is 0 Å². The summed E-state index contributed by atoms with van der Waals surface area (Å²) in [4.78, 5) is 0. The van der Waals surface area contributed by atoms with E-state index in [0.717, 1.165) is 18.4 Å². The zero-order valence-electron chi connectivity index (χ0n) is 12.7. The molecule has 3 unspecified atom stereocenters. The Bertz CT molecular complexity index is 447. The molecule has 20 heavy (non-hydrogen) atoms. The minimum absolute atomic E-state index is 0.155. The van der Waals surface area contributed by atoms with Crippen molar-refractivity contribution < 1.29 is 9.13 Å². The van der Waals surface area contributed by atoms with Crippen molar-refractivity contribution >= 4 is 0 Å². The number of ether oxygens (including phenoxy) is 1. The number of hydrogen-bond donors (Lipinski definition) is 1. The summed E-state index contributed by atoms with van der Waals surface area (Å²) in [6.07, 6.45) is 3.37. The van der Waals surface area contributed by atoms with Crippen LogP contribution in [0, 0.1) is 23.6 Å². The van der Waals surface area contributed by atoms with E-state index >= 15 is 0 Å². The third-order valence-corrected chi connectivity index (χ3v) is 4.89. The lowest BCUT2D eigenvalue weighted by Crippen LogP contribution is -2.31. The van der Waals surface area contributed by atoms with Gasteiger partial charge in [0, 0.05) is 6.07 Å². The van der Waals surface area contributed by atoms with E-state index in [1.54, 1.807) is 7.11 Å². The van der Waals surface area contributed by atoms with Crippen LogP contribution >= 0.6 is 0 Å². The van der Waals surface area contributed by atoms with Gasteiger partial charge in [-0.3, -0.25) is 0 Å². The molecule has 112 valence electrons. The maximum absolute atomic E-state index is 14.3. The molecule has 0 radical (unpaired) electrons. The van der Waals surface area contributed by atoms with Crippen LogP contribution in [0.4, 0.5) is 4.39 Å². The zero-order chi connectivity index (χ0) is 14.7. The van der Waals surface area contributed by atoms with Crippen LogP contribution in [0.5, 0.6) is 5.75 Å². The molecular weight excluding hydrogens is 253 g/mol. The van der Waals surface area contributed by atoms with E-state index in [-0.39, 0.29) is 11.7 Å². The molecule has 0 aliphatic heterocycles. The number of benzene rings is 1. The van der Waals surface area contributed by atoms with Gasteiger partial charge in [-0.2, -0.15) is 0 Å². The Balaban J connectivity index is 2.26. The molecule has 0 amide bonds. The zero-order valence-corrected chi connectivity index (χ0v) is 12.7. The molecule has 1 fully saturated rings. The molecule has 1 saturated carbocycles. The van der Waals surface area contributed by atoms with Crippen molar-refractivity contribution in [2.75, 3.05) is 13.7 Å². The van der Waals surface area contributed by atoms with Crippen molar-refractivity contribution in [2.24, 2.45) is 23.5 Å². The highest BCUT2D eigenvalue weighted by Crippen LogP contribution is 2.43. The van der Waals surface area contributed by atoms with Gasteiger partial charge >= 0.3 is 0 Å². The monoisotopic (exact) mass is 279 g/mol. The summed E-state index contributed by atoms with van der Waals surface area (Å²) in [5, 5.41) is 0. The molecule has 2 rings (SSSR count). The highest BCUT2D eigenvalue weighted by atomic mass is 19.1. The quantitative estimate of drug-likeness (QED) is 0.905. The van der Waals surface area contributed by atoms with Crippen molar-refractivity contribution in [3.63, 3.8) is 0 Å². The molecule has 0 heterocycles.